The van der Waals surface area contributed by atoms with Crippen LogP contribution < -0.4 is 4.74 Å². The molecule has 1 amide bonds. The number of rotatable bonds is 6. The Kier molecular flexibility index (Phi) is 6.22. The van der Waals surface area contributed by atoms with Crippen molar-refractivity contribution >= 4 is 17.2 Å². The largest absolute Gasteiger partial charge is 0.481 e. The Morgan fingerprint density at radius 1 is 1.03 bits per heavy atom. The summed E-state index contributed by atoms with van der Waals surface area (Å²) >= 11 is 1.70. The van der Waals surface area contributed by atoms with Crippen LogP contribution in [-0.2, 0) is 11.3 Å². The van der Waals surface area contributed by atoms with Gasteiger partial charge in [0.15, 0.2) is 6.10 Å². The Morgan fingerprint density at radius 2 is 1.69 bits per heavy atom. The van der Waals surface area contributed by atoms with Gasteiger partial charge in [0.1, 0.15) is 10.8 Å². The molecule has 4 rings (SSSR count). The number of aromatic nitrogens is 1. The van der Waals surface area contributed by atoms with Crippen molar-refractivity contribution in [2.75, 3.05) is 26.2 Å². The molecule has 1 saturated heterocycles. The highest BCUT2D eigenvalue weighted by molar-refractivity contribution is 7.09. The van der Waals surface area contributed by atoms with Crippen molar-refractivity contribution in [2.24, 2.45) is 0 Å². The monoisotopic (exact) mass is 407 g/mol. The molecule has 1 fully saturated rings. The minimum Gasteiger partial charge on any atom is -0.481 e. The summed E-state index contributed by atoms with van der Waals surface area (Å²) in [7, 11) is 0. The molecule has 29 heavy (non-hydrogen) atoms. The van der Waals surface area contributed by atoms with Crippen LogP contribution in [-0.4, -0.2) is 53.0 Å². The van der Waals surface area contributed by atoms with Crippen molar-refractivity contribution in [3.63, 3.8) is 0 Å². The molecule has 1 aliphatic heterocycles. The summed E-state index contributed by atoms with van der Waals surface area (Å²) in [6.07, 6.45) is -0.476. The van der Waals surface area contributed by atoms with E-state index in [1.807, 2.05) is 60.4 Å². The van der Waals surface area contributed by atoms with Crippen LogP contribution >= 0.6 is 11.3 Å². The second-order valence-electron chi connectivity index (χ2n) is 7.17. The molecule has 3 aromatic rings. The molecule has 0 bridgehead atoms. The normalized spacial score (nSPS) is 15.8. The zero-order chi connectivity index (χ0) is 20.1. The zero-order valence-electron chi connectivity index (χ0n) is 16.5. The summed E-state index contributed by atoms with van der Waals surface area (Å²) in [6, 6.07) is 19.8. The molecule has 2 aromatic carbocycles. The van der Waals surface area contributed by atoms with Crippen molar-refractivity contribution in [1.82, 2.24) is 14.8 Å². The maximum atomic E-state index is 12.7. The van der Waals surface area contributed by atoms with Crippen LogP contribution in [0.5, 0.6) is 5.75 Å². The van der Waals surface area contributed by atoms with Crippen molar-refractivity contribution < 1.29 is 9.53 Å². The Labute approximate surface area is 175 Å². The first-order chi connectivity index (χ1) is 14.2. The summed E-state index contributed by atoms with van der Waals surface area (Å²) in [4.78, 5) is 21.7. The highest BCUT2D eigenvalue weighted by atomic mass is 32.1. The van der Waals surface area contributed by atoms with Gasteiger partial charge in [0, 0.05) is 37.1 Å². The molecular formula is C23H25N3O2S. The number of hydrogen-bond acceptors (Lipinski definition) is 5. The molecular weight excluding hydrogens is 382 g/mol. The van der Waals surface area contributed by atoms with Gasteiger partial charge in [0.25, 0.3) is 5.91 Å². The summed E-state index contributed by atoms with van der Waals surface area (Å²) in [5.41, 5.74) is 2.18. The van der Waals surface area contributed by atoms with E-state index < -0.39 is 6.10 Å². The molecule has 1 unspecified atom stereocenters. The zero-order valence-corrected chi connectivity index (χ0v) is 17.3. The van der Waals surface area contributed by atoms with E-state index in [0.717, 1.165) is 54.7 Å². The van der Waals surface area contributed by atoms with Crippen LogP contribution in [0.3, 0.4) is 0 Å². The smallest absolute Gasteiger partial charge is 0.263 e. The lowest BCUT2D eigenvalue weighted by Crippen LogP contribution is -2.51. The maximum absolute atomic E-state index is 12.7. The average Bonchev–Trinajstić information content (AvgIpc) is 3.23. The summed E-state index contributed by atoms with van der Waals surface area (Å²) in [5.74, 6) is 0.777. The molecule has 1 aromatic heterocycles. The lowest BCUT2D eigenvalue weighted by atomic mass is 10.2. The fourth-order valence-electron chi connectivity index (χ4n) is 3.45. The number of carbonyl (C=O) groups excluding carboxylic acids is 1. The Bertz CT molecular complexity index is 922. The van der Waals surface area contributed by atoms with Gasteiger partial charge in [-0.3, -0.25) is 9.69 Å². The topological polar surface area (TPSA) is 45.7 Å². The predicted molar refractivity (Wildman–Crippen MR) is 116 cm³/mol. The van der Waals surface area contributed by atoms with Gasteiger partial charge in [-0.25, -0.2) is 4.98 Å². The Balaban J connectivity index is 1.27. The summed E-state index contributed by atoms with van der Waals surface area (Å²) in [6.45, 7) is 5.79. The molecule has 0 spiro atoms. The third-order valence-electron chi connectivity index (χ3n) is 5.07. The molecule has 1 aliphatic rings. The van der Waals surface area contributed by atoms with E-state index in [1.54, 1.807) is 11.3 Å². The molecule has 5 nitrogen and oxygen atoms in total. The van der Waals surface area contributed by atoms with Crippen molar-refractivity contribution in [3.05, 3.63) is 71.1 Å². The van der Waals surface area contributed by atoms with Crippen LogP contribution in [0.4, 0.5) is 0 Å². The lowest BCUT2D eigenvalue weighted by molar-refractivity contribution is -0.139. The van der Waals surface area contributed by atoms with Crippen molar-refractivity contribution in [1.29, 1.82) is 0 Å². The first-order valence-electron chi connectivity index (χ1n) is 9.92. The predicted octanol–water partition coefficient (Wildman–Crippen LogP) is 3.92. The van der Waals surface area contributed by atoms with E-state index >= 15 is 0 Å². The number of ether oxygens (including phenoxy) is 1. The number of carbonyl (C=O) groups is 1. The third kappa shape index (κ3) is 5.02. The first-order valence-corrected chi connectivity index (χ1v) is 10.8. The van der Waals surface area contributed by atoms with E-state index in [1.165, 1.54) is 0 Å². The van der Waals surface area contributed by atoms with E-state index in [0.29, 0.717) is 0 Å². The standard InChI is InChI=1S/C23H25N3O2S/c1-18(28-20-10-6-3-7-11-20)23(27)26-14-12-25(13-15-26)16-22-24-21(17-29-22)19-8-4-2-5-9-19/h2-11,17-18H,12-16H2,1H3. The number of amides is 1. The molecule has 2 heterocycles. The number of benzene rings is 2. The number of hydrogen-bond donors (Lipinski definition) is 0. The minimum atomic E-state index is -0.476. The number of piperazine rings is 1. The van der Waals surface area contributed by atoms with E-state index in [-0.39, 0.29) is 5.91 Å². The van der Waals surface area contributed by atoms with Gasteiger partial charge in [0.2, 0.25) is 0 Å². The fraction of sp³-hybridized carbons (Fsp3) is 0.304. The van der Waals surface area contributed by atoms with Crippen LogP contribution in [0.1, 0.15) is 11.9 Å². The second-order valence-corrected chi connectivity index (χ2v) is 8.11. The second kappa shape index (κ2) is 9.20. The number of thiazole rings is 1. The molecule has 0 N–H and O–H groups in total. The Hall–Kier alpha value is -2.70. The van der Waals surface area contributed by atoms with Gasteiger partial charge in [-0.05, 0) is 19.1 Å². The first kappa shape index (κ1) is 19.6. The van der Waals surface area contributed by atoms with E-state index in [4.69, 9.17) is 9.72 Å². The summed E-state index contributed by atoms with van der Waals surface area (Å²) < 4.78 is 5.78. The molecule has 150 valence electrons. The van der Waals surface area contributed by atoms with Gasteiger partial charge >= 0.3 is 0 Å². The van der Waals surface area contributed by atoms with Crippen molar-refractivity contribution in [2.45, 2.75) is 19.6 Å². The molecule has 1 atom stereocenters. The molecule has 0 aliphatic carbocycles. The Morgan fingerprint density at radius 3 is 2.38 bits per heavy atom. The van der Waals surface area contributed by atoms with Gasteiger partial charge in [-0.1, -0.05) is 48.5 Å². The number of para-hydroxylation sites is 1. The van der Waals surface area contributed by atoms with Crippen molar-refractivity contribution in [3.8, 4) is 17.0 Å². The van der Waals surface area contributed by atoms with E-state index in [9.17, 15) is 4.79 Å². The minimum absolute atomic E-state index is 0.0501. The van der Waals surface area contributed by atoms with Gasteiger partial charge in [-0.15, -0.1) is 11.3 Å². The SMILES string of the molecule is CC(Oc1ccccc1)C(=O)N1CCN(Cc2nc(-c3ccccc3)cs2)CC1. The molecule has 0 radical (unpaired) electrons. The quantitative estimate of drug-likeness (QED) is 0.621. The maximum Gasteiger partial charge on any atom is 0.263 e. The third-order valence-corrected chi connectivity index (χ3v) is 5.90. The highest BCUT2D eigenvalue weighted by Gasteiger charge is 2.26. The fourth-order valence-corrected chi connectivity index (χ4v) is 4.30. The average molecular weight is 408 g/mol. The van der Waals surface area contributed by atoms with Crippen LogP contribution in [0.2, 0.25) is 0 Å². The van der Waals surface area contributed by atoms with Gasteiger partial charge < -0.3 is 9.64 Å². The van der Waals surface area contributed by atoms with E-state index in [2.05, 4.69) is 22.4 Å². The van der Waals surface area contributed by atoms with Crippen LogP contribution in [0.15, 0.2) is 66.0 Å². The molecule has 0 saturated carbocycles. The lowest BCUT2D eigenvalue weighted by Gasteiger charge is -2.35. The highest BCUT2D eigenvalue weighted by Crippen LogP contribution is 2.23. The summed E-state index contributed by atoms with van der Waals surface area (Å²) in [5, 5.41) is 3.23. The number of nitrogens with zero attached hydrogens (tertiary/aromatic N) is 3. The van der Waals surface area contributed by atoms with Crippen LogP contribution in [0.25, 0.3) is 11.3 Å². The van der Waals surface area contributed by atoms with Gasteiger partial charge in [0.05, 0.1) is 12.2 Å². The van der Waals surface area contributed by atoms with Gasteiger partial charge in [-0.2, -0.15) is 0 Å². The van der Waals surface area contributed by atoms with Crippen LogP contribution in [0, 0.1) is 0 Å². The molecule has 6 heteroatoms.